The number of halogens is 1. The number of para-hydroxylation sites is 1. The van der Waals surface area contributed by atoms with Crippen molar-refractivity contribution in [2.24, 2.45) is 5.10 Å². The summed E-state index contributed by atoms with van der Waals surface area (Å²) in [5, 5.41) is 16.5. The second-order valence-corrected chi connectivity index (χ2v) is 6.39. The molecule has 1 N–H and O–H groups in total. The minimum absolute atomic E-state index is 0.464. The Labute approximate surface area is 156 Å². The van der Waals surface area contributed by atoms with Gasteiger partial charge in [-0.25, -0.2) is 4.68 Å². The summed E-state index contributed by atoms with van der Waals surface area (Å²) in [6.45, 7) is 4.04. The fourth-order valence-corrected chi connectivity index (χ4v) is 2.97. The molecule has 0 aliphatic carbocycles. The van der Waals surface area contributed by atoms with Crippen molar-refractivity contribution in [2.45, 2.75) is 33.1 Å². The summed E-state index contributed by atoms with van der Waals surface area (Å²) in [7, 11) is 0. The van der Waals surface area contributed by atoms with E-state index in [0.29, 0.717) is 9.92 Å². The van der Waals surface area contributed by atoms with Crippen molar-refractivity contribution in [3.63, 3.8) is 0 Å². The molecule has 0 saturated heterocycles. The standard InChI is InChI=1S/C17H19ClN6S/c1-3-4-10-15-20-21-17(25)24(15)19-11-14-12(2)22-23(16(14)18)13-8-6-5-7-9-13/h5-9,11H,3-4,10H2,1-2H3,(H,21,25)/b19-11+. The van der Waals surface area contributed by atoms with Crippen molar-refractivity contribution >= 4 is 30.0 Å². The minimum Gasteiger partial charge on any atom is -0.250 e. The molecule has 2 aromatic heterocycles. The number of benzene rings is 1. The van der Waals surface area contributed by atoms with Crippen molar-refractivity contribution in [1.82, 2.24) is 24.7 Å². The van der Waals surface area contributed by atoms with Gasteiger partial charge in [0.25, 0.3) is 0 Å². The molecule has 3 rings (SSSR count). The van der Waals surface area contributed by atoms with E-state index < -0.39 is 0 Å². The SMILES string of the molecule is CCCCc1n[nH]c(=S)n1/N=C/c1c(C)nn(-c2ccccc2)c1Cl. The summed E-state index contributed by atoms with van der Waals surface area (Å²) in [6, 6.07) is 9.75. The molecule has 0 radical (unpaired) electrons. The zero-order valence-electron chi connectivity index (χ0n) is 14.1. The molecule has 3 aromatic rings. The highest BCUT2D eigenvalue weighted by molar-refractivity contribution is 7.71. The first-order valence-electron chi connectivity index (χ1n) is 8.13. The quantitative estimate of drug-likeness (QED) is 0.516. The van der Waals surface area contributed by atoms with Gasteiger partial charge >= 0.3 is 0 Å². The lowest BCUT2D eigenvalue weighted by Gasteiger charge is -2.02. The van der Waals surface area contributed by atoms with Gasteiger partial charge in [-0.1, -0.05) is 43.1 Å². The van der Waals surface area contributed by atoms with Crippen LogP contribution in [-0.4, -0.2) is 30.9 Å². The summed E-state index contributed by atoms with van der Waals surface area (Å²) in [4.78, 5) is 0. The summed E-state index contributed by atoms with van der Waals surface area (Å²) < 4.78 is 3.80. The van der Waals surface area contributed by atoms with Gasteiger partial charge in [-0.2, -0.15) is 20.0 Å². The monoisotopic (exact) mass is 374 g/mol. The highest BCUT2D eigenvalue weighted by atomic mass is 35.5. The van der Waals surface area contributed by atoms with Crippen molar-refractivity contribution in [2.75, 3.05) is 0 Å². The number of nitrogens with one attached hydrogen (secondary N) is 1. The van der Waals surface area contributed by atoms with Gasteiger partial charge in [0.05, 0.1) is 23.2 Å². The number of H-pyrrole nitrogens is 1. The molecule has 0 saturated carbocycles. The normalized spacial score (nSPS) is 11.5. The van der Waals surface area contributed by atoms with Gasteiger partial charge in [0, 0.05) is 6.42 Å². The molecule has 0 unspecified atom stereocenters. The van der Waals surface area contributed by atoms with Gasteiger partial charge < -0.3 is 0 Å². The van der Waals surface area contributed by atoms with Crippen molar-refractivity contribution in [3.8, 4) is 5.69 Å². The molecular formula is C17H19ClN6S. The van der Waals surface area contributed by atoms with E-state index in [4.69, 9.17) is 23.8 Å². The third-order valence-corrected chi connectivity index (χ3v) is 4.45. The lowest BCUT2D eigenvalue weighted by Crippen LogP contribution is -1.99. The number of hydrogen-bond acceptors (Lipinski definition) is 4. The topological polar surface area (TPSA) is 63.8 Å². The maximum atomic E-state index is 6.52. The Morgan fingerprint density at radius 2 is 2.08 bits per heavy atom. The fraction of sp³-hybridized carbons (Fsp3) is 0.294. The largest absolute Gasteiger partial charge is 0.250 e. The van der Waals surface area contributed by atoms with Crippen molar-refractivity contribution in [3.05, 3.63) is 57.3 Å². The van der Waals surface area contributed by atoms with Crippen LogP contribution in [-0.2, 0) is 6.42 Å². The van der Waals surface area contributed by atoms with E-state index in [2.05, 4.69) is 27.3 Å². The molecule has 0 atom stereocenters. The van der Waals surface area contributed by atoms with E-state index in [1.165, 1.54) is 0 Å². The molecule has 0 spiro atoms. The Balaban J connectivity index is 1.94. The Bertz CT molecular complexity index is 938. The molecular weight excluding hydrogens is 356 g/mol. The molecule has 2 heterocycles. The average molecular weight is 375 g/mol. The second-order valence-electron chi connectivity index (χ2n) is 5.64. The molecule has 0 bridgehead atoms. The van der Waals surface area contributed by atoms with Crippen LogP contribution in [0.5, 0.6) is 0 Å². The molecule has 130 valence electrons. The maximum Gasteiger partial charge on any atom is 0.216 e. The third-order valence-electron chi connectivity index (χ3n) is 3.82. The molecule has 0 aliphatic heterocycles. The number of aromatic amines is 1. The Morgan fingerprint density at radius 3 is 2.80 bits per heavy atom. The molecule has 0 amide bonds. The van der Waals surface area contributed by atoms with Gasteiger partial charge in [0.1, 0.15) is 5.15 Å². The van der Waals surface area contributed by atoms with E-state index in [9.17, 15) is 0 Å². The van der Waals surface area contributed by atoms with Crippen LogP contribution in [0.15, 0.2) is 35.4 Å². The van der Waals surface area contributed by atoms with Crippen LogP contribution in [0.3, 0.4) is 0 Å². The number of aryl methyl sites for hydroxylation is 2. The van der Waals surface area contributed by atoms with Crippen LogP contribution in [0.2, 0.25) is 5.15 Å². The number of aromatic nitrogens is 5. The van der Waals surface area contributed by atoms with Crippen LogP contribution in [0.4, 0.5) is 0 Å². The van der Waals surface area contributed by atoms with Crippen molar-refractivity contribution < 1.29 is 0 Å². The van der Waals surface area contributed by atoms with Crippen LogP contribution >= 0.6 is 23.8 Å². The van der Waals surface area contributed by atoms with Crippen LogP contribution in [0.25, 0.3) is 5.69 Å². The van der Waals surface area contributed by atoms with E-state index in [1.807, 2.05) is 37.3 Å². The van der Waals surface area contributed by atoms with Gasteiger partial charge in [-0.3, -0.25) is 5.10 Å². The summed E-state index contributed by atoms with van der Waals surface area (Å²) in [6.07, 6.45) is 4.61. The van der Waals surface area contributed by atoms with Gasteiger partial charge in [-0.05, 0) is 37.7 Å². The number of rotatable bonds is 6. The Kier molecular flexibility index (Phi) is 5.45. The highest BCUT2D eigenvalue weighted by Gasteiger charge is 2.13. The predicted octanol–water partition coefficient (Wildman–Crippen LogP) is 4.31. The molecule has 6 nitrogen and oxygen atoms in total. The molecule has 25 heavy (non-hydrogen) atoms. The maximum absolute atomic E-state index is 6.52. The van der Waals surface area contributed by atoms with E-state index in [1.54, 1.807) is 15.6 Å². The first-order chi connectivity index (χ1) is 12.1. The molecule has 0 fully saturated rings. The first kappa shape index (κ1) is 17.6. The van der Waals surface area contributed by atoms with E-state index >= 15 is 0 Å². The minimum atomic E-state index is 0.464. The Hall–Kier alpha value is -2.25. The summed E-state index contributed by atoms with van der Waals surface area (Å²) >= 11 is 11.8. The van der Waals surface area contributed by atoms with Crippen molar-refractivity contribution in [1.29, 1.82) is 0 Å². The van der Waals surface area contributed by atoms with E-state index in [-0.39, 0.29) is 0 Å². The van der Waals surface area contributed by atoms with E-state index in [0.717, 1.165) is 42.0 Å². The molecule has 8 heteroatoms. The third kappa shape index (κ3) is 3.72. The van der Waals surface area contributed by atoms with Gasteiger partial charge in [-0.15, -0.1) is 0 Å². The van der Waals surface area contributed by atoms with Crippen LogP contribution in [0.1, 0.15) is 36.8 Å². The summed E-state index contributed by atoms with van der Waals surface area (Å²) in [5.41, 5.74) is 2.46. The lowest BCUT2D eigenvalue weighted by atomic mass is 10.2. The highest BCUT2D eigenvalue weighted by Crippen LogP contribution is 2.22. The zero-order chi connectivity index (χ0) is 17.8. The molecule has 0 aliphatic rings. The fourth-order valence-electron chi connectivity index (χ4n) is 2.45. The number of hydrogen-bond donors (Lipinski definition) is 1. The second kappa shape index (κ2) is 7.76. The first-order valence-corrected chi connectivity index (χ1v) is 8.91. The molecule has 1 aromatic carbocycles. The van der Waals surface area contributed by atoms with Gasteiger partial charge in [0.15, 0.2) is 5.82 Å². The lowest BCUT2D eigenvalue weighted by molar-refractivity contribution is 0.700. The zero-order valence-corrected chi connectivity index (χ0v) is 15.7. The van der Waals surface area contributed by atoms with Gasteiger partial charge in [0.2, 0.25) is 4.77 Å². The number of unbranched alkanes of at least 4 members (excludes halogenated alkanes) is 1. The Morgan fingerprint density at radius 1 is 1.32 bits per heavy atom. The number of nitrogens with zero attached hydrogens (tertiary/aromatic N) is 5. The average Bonchev–Trinajstić information content (AvgIpc) is 3.12. The van der Waals surface area contributed by atoms with Crippen LogP contribution in [0, 0.1) is 11.7 Å². The smallest absolute Gasteiger partial charge is 0.216 e. The summed E-state index contributed by atoms with van der Waals surface area (Å²) in [5.74, 6) is 0.812. The van der Waals surface area contributed by atoms with Crippen LogP contribution < -0.4 is 0 Å². The predicted molar refractivity (Wildman–Crippen MR) is 102 cm³/mol.